The molecule has 0 radical (unpaired) electrons. The number of carbonyl (C=O) groups excluding carboxylic acids is 2. The van der Waals surface area contributed by atoms with Crippen molar-refractivity contribution in [2.75, 3.05) is 26.7 Å². The molecule has 0 saturated carbocycles. The van der Waals surface area contributed by atoms with Gasteiger partial charge in [-0.15, -0.1) is 0 Å². The molecule has 2 fully saturated rings. The van der Waals surface area contributed by atoms with Crippen molar-refractivity contribution in [1.29, 1.82) is 0 Å². The summed E-state index contributed by atoms with van der Waals surface area (Å²) in [5.74, 6) is 0.501. The highest BCUT2D eigenvalue weighted by Gasteiger charge is 2.25. The summed E-state index contributed by atoms with van der Waals surface area (Å²) in [6, 6.07) is 4.55. The molecule has 2 N–H and O–H groups in total. The summed E-state index contributed by atoms with van der Waals surface area (Å²) < 4.78 is 0. The zero-order chi connectivity index (χ0) is 18.7. The van der Waals surface area contributed by atoms with E-state index in [0.717, 1.165) is 38.0 Å². The molecule has 2 aliphatic heterocycles. The first-order valence-corrected chi connectivity index (χ1v) is 9.42. The maximum Gasteiger partial charge on any atom is 0.255 e. The van der Waals surface area contributed by atoms with Gasteiger partial charge in [0, 0.05) is 63.5 Å². The molecule has 142 valence electrons. The zero-order valence-electron chi connectivity index (χ0n) is 15.9. The molecule has 0 aliphatic carbocycles. The number of aromatic nitrogens is 1. The topological polar surface area (TPSA) is 77.6 Å². The van der Waals surface area contributed by atoms with Gasteiger partial charge < -0.3 is 9.80 Å². The van der Waals surface area contributed by atoms with E-state index in [9.17, 15) is 9.59 Å². The minimum atomic E-state index is -0.00296. The number of likely N-dealkylation sites (N-methyl/N-ethyl adjacent to an activating group) is 1. The van der Waals surface area contributed by atoms with Gasteiger partial charge in [0.05, 0.1) is 5.56 Å². The van der Waals surface area contributed by atoms with E-state index in [0.29, 0.717) is 24.1 Å². The molecule has 2 unspecified atom stereocenters. The Morgan fingerprint density at radius 2 is 2.00 bits per heavy atom. The summed E-state index contributed by atoms with van der Waals surface area (Å²) >= 11 is 0. The van der Waals surface area contributed by atoms with Gasteiger partial charge in [0.1, 0.15) is 0 Å². The third kappa shape index (κ3) is 4.40. The van der Waals surface area contributed by atoms with E-state index in [1.165, 1.54) is 0 Å². The average Bonchev–Trinajstić information content (AvgIpc) is 3.06. The van der Waals surface area contributed by atoms with Crippen molar-refractivity contribution < 1.29 is 9.59 Å². The second-order valence-corrected chi connectivity index (χ2v) is 7.56. The van der Waals surface area contributed by atoms with Crippen molar-refractivity contribution in [3.05, 3.63) is 29.6 Å². The lowest BCUT2D eigenvalue weighted by Crippen LogP contribution is -2.41. The molecule has 26 heavy (non-hydrogen) atoms. The molecule has 2 atom stereocenters. The highest BCUT2D eigenvalue weighted by atomic mass is 16.2. The van der Waals surface area contributed by atoms with E-state index in [1.807, 2.05) is 24.1 Å². The normalized spacial score (nSPS) is 23.9. The molecule has 2 amide bonds. The van der Waals surface area contributed by atoms with Crippen LogP contribution in [0.4, 0.5) is 0 Å². The predicted molar refractivity (Wildman–Crippen MR) is 99.6 cm³/mol. The van der Waals surface area contributed by atoms with Crippen molar-refractivity contribution in [2.24, 2.45) is 0 Å². The molecule has 0 spiro atoms. The zero-order valence-corrected chi connectivity index (χ0v) is 15.9. The Labute approximate surface area is 155 Å². The summed E-state index contributed by atoms with van der Waals surface area (Å²) in [4.78, 5) is 32.2. The number of hydrazine groups is 1. The third-order valence-corrected chi connectivity index (χ3v) is 5.40. The summed E-state index contributed by atoms with van der Waals surface area (Å²) in [6.07, 6.45) is 4.55. The molecule has 0 aromatic carbocycles. The van der Waals surface area contributed by atoms with Crippen molar-refractivity contribution in [1.82, 2.24) is 25.6 Å². The fourth-order valence-corrected chi connectivity index (χ4v) is 3.82. The number of likely N-dealkylation sites (tertiary alicyclic amines) is 1. The minimum absolute atomic E-state index is 0.00296. The van der Waals surface area contributed by atoms with Crippen LogP contribution in [-0.4, -0.2) is 65.4 Å². The van der Waals surface area contributed by atoms with Crippen LogP contribution in [0.3, 0.4) is 0 Å². The molecular weight excluding hydrogens is 330 g/mol. The number of hydrogen-bond donors (Lipinski definition) is 2. The van der Waals surface area contributed by atoms with Gasteiger partial charge >= 0.3 is 0 Å². The van der Waals surface area contributed by atoms with Gasteiger partial charge in [-0.1, -0.05) is 0 Å². The Bertz CT molecular complexity index is 640. The van der Waals surface area contributed by atoms with Crippen molar-refractivity contribution in [3.8, 4) is 0 Å². The largest absolute Gasteiger partial charge is 0.343 e. The Morgan fingerprint density at radius 1 is 1.27 bits per heavy atom. The minimum Gasteiger partial charge on any atom is -0.343 e. The summed E-state index contributed by atoms with van der Waals surface area (Å²) in [7, 11) is 1.83. The number of piperidine rings is 1. The summed E-state index contributed by atoms with van der Waals surface area (Å²) in [5, 5.41) is 0. The van der Waals surface area contributed by atoms with Crippen molar-refractivity contribution >= 4 is 11.8 Å². The number of nitrogens with one attached hydrogen (secondary N) is 2. The lowest BCUT2D eigenvalue weighted by atomic mass is 9.93. The van der Waals surface area contributed by atoms with Crippen LogP contribution in [-0.2, 0) is 4.79 Å². The molecule has 7 nitrogen and oxygen atoms in total. The Kier molecular flexibility index (Phi) is 5.88. The number of nitrogens with zero attached hydrogens (tertiary/aromatic N) is 3. The smallest absolute Gasteiger partial charge is 0.255 e. The number of amides is 2. The number of carbonyl (C=O) groups is 2. The number of pyridine rings is 1. The van der Waals surface area contributed by atoms with Gasteiger partial charge in [0.15, 0.2) is 0 Å². The number of hydrogen-bond acceptors (Lipinski definition) is 5. The van der Waals surface area contributed by atoms with E-state index in [4.69, 9.17) is 0 Å². The lowest BCUT2D eigenvalue weighted by molar-refractivity contribution is -0.129. The Hall–Kier alpha value is -1.99. The lowest BCUT2D eigenvalue weighted by Gasteiger charge is -2.31. The molecule has 7 heteroatoms. The van der Waals surface area contributed by atoms with Crippen LogP contribution in [0.2, 0.25) is 0 Å². The van der Waals surface area contributed by atoms with Crippen LogP contribution in [0.5, 0.6) is 0 Å². The van der Waals surface area contributed by atoms with Gasteiger partial charge in [-0.05, 0) is 38.3 Å². The van der Waals surface area contributed by atoms with Gasteiger partial charge in [0.2, 0.25) is 5.91 Å². The molecule has 2 saturated heterocycles. The first kappa shape index (κ1) is 18.8. The van der Waals surface area contributed by atoms with Crippen LogP contribution < -0.4 is 10.9 Å². The standard InChI is InChI=1S/C19H29N5O2/c1-13-10-17(22-21-13)12-23(3)19(26)16-4-5-18(20-11-16)15-6-8-24(9-7-15)14(2)25/h4-5,11,13,15,17,21-22H,6-10,12H2,1-3H3. The monoisotopic (exact) mass is 359 g/mol. The highest BCUT2D eigenvalue weighted by Crippen LogP contribution is 2.26. The van der Waals surface area contributed by atoms with Gasteiger partial charge in [-0.3, -0.25) is 25.4 Å². The first-order valence-electron chi connectivity index (χ1n) is 9.42. The molecule has 2 aliphatic rings. The predicted octanol–water partition coefficient (Wildman–Crippen LogP) is 1.13. The molecular formula is C19H29N5O2. The van der Waals surface area contributed by atoms with Crippen LogP contribution in [0.15, 0.2) is 18.3 Å². The van der Waals surface area contributed by atoms with E-state index >= 15 is 0 Å². The van der Waals surface area contributed by atoms with E-state index in [2.05, 4.69) is 22.8 Å². The van der Waals surface area contributed by atoms with Crippen LogP contribution in [0, 0.1) is 0 Å². The molecule has 3 heterocycles. The van der Waals surface area contributed by atoms with E-state index in [-0.39, 0.29) is 17.9 Å². The van der Waals surface area contributed by atoms with Crippen LogP contribution >= 0.6 is 0 Å². The quantitative estimate of drug-likeness (QED) is 0.843. The third-order valence-electron chi connectivity index (χ3n) is 5.40. The number of rotatable bonds is 4. The van der Waals surface area contributed by atoms with Gasteiger partial charge in [-0.2, -0.15) is 0 Å². The fraction of sp³-hybridized carbons (Fsp3) is 0.632. The first-order chi connectivity index (χ1) is 12.4. The average molecular weight is 359 g/mol. The Balaban J connectivity index is 1.55. The second kappa shape index (κ2) is 8.14. The second-order valence-electron chi connectivity index (χ2n) is 7.56. The molecule has 3 rings (SSSR count). The van der Waals surface area contributed by atoms with E-state index in [1.54, 1.807) is 18.0 Å². The van der Waals surface area contributed by atoms with Crippen molar-refractivity contribution in [3.63, 3.8) is 0 Å². The van der Waals surface area contributed by atoms with Crippen LogP contribution in [0.25, 0.3) is 0 Å². The highest BCUT2D eigenvalue weighted by molar-refractivity contribution is 5.93. The molecule has 0 bridgehead atoms. The maximum absolute atomic E-state index is 12.6. The van der Waals surface area contributed by atoms with Crippen LogP contribution in [0.1, 0.15) is 55.1 Å². The molecule has 1 aromatic rings. The Morgan fingerprint density at radius 3 is 2.54 bits per heavy atom. The fourth-order valence-electron chi connectivity index (χ4n) is 3.82. The molecule has 1 aromatic heterocycles. The summed E-state index contributed by atoms with van der Waals surface area (Å²) in [6.45, 7) is 5.98. The van der Waals surface area contributed by atoms with Crippen molar-refractivity contribution in [2.45, 2.75) is 51.1 Å². The van der Waals surface area contributed by atoms with E-state index < -0.39 is 0 Å². The van der Waals surface area contributed by atoms with Gasteiger partial charge in [0.25, 0.3) is 5.91 Å². The maximum atomic E-state index is 12.6. The van der Waals surface area contributed by atoms with Gasteiger partial charge in [-0.25, -0.2) is 0 Å². The summed E-state index contributed by atoms with van der Waals surface area (Å²) in [5.41, 5.74) is 8.04. The SMILES string of the molecule is CC(=O)N1CCC(c2ccc(C(=O)N(C)CC3CC(C)NN3)cn2)CC1.